The molecule has 0 spiro atoms. The minimum Gasteiger partial charge on any atom is -0.308 e. The van der Waals surface area contributed by atoms with Crippen LogP contribution in [0.1, 0.15) is 45.7 Å². The van der Waals surface area contributed by atoms with E-state index >= 15 is 0 Å². The van der Waals surface area contributed by atoms with Crippen molar-refractivity contribution >= 4 is 0 Å². The number of nitrogens with one attached hydrogen (secondary N) is 1. The first-order valence-corrected chi connectivity index (χ1v) is 7.15. The summed E-state index contributed by atoms with van der Waals surface area (Å²) in [6, 6.07) is 2.77. The maximum atomic E-state index is 4.23. The van der Waals surface area contributed by atoms with Crippen LogP contribution in [0.5, 0.6) is 0 Å². The Labute approximate surface area is 110 Å². The lowest BCUT2D eigenvalue weighted by Crippen LogP contribution is -2.44. The first kappa shape index (κ1) is 12.2. The first-order chi connectivity index (χ1) is 8.45. The minimum atomic E-state index is 0.469. The molecule has 2 bridgehead atoms. The second-order valence-corrected chi connectivity index (χ2v) is 6.99. The summed E-state index contributed by atoms with van der Waals surface area (Å²) in [5.74, 6) is 0.909. The summed E-state index contributed by atoms with van der Waals surface area (Å²) in [7, 11) is 2.02. The smallest absolute Gasteiger partial charge is 0.0518 e. The van der Waals surface area contributed by atoms with Gasteiger partial charge in [-0.15, -0.1) is 0 Å². The monoisotopic (exact) mass is 247 g/mol. The largest absolute Gasteiger partial charge is 0.308 e. The Bertz CT molecular complexity index is 448. The van der Waals surface area contributed by atoms with Gasteiger partial charge in [0, 0.05) is 25.8 Å². The molecule has 3 nitrogen and oxygen atoms in total. The predicted molar refractivity (Wildman–Crippen MR) is 73.1 cm³/mol. The standard InChI is InChI=1S/C15H25N3/c1-14(2)11-5-7-15(14,3)13(9-11)16-10-12-6-8-17-18(12)4/h6,8,11,13,16H,5,7,9-10H2,1-4H3/t11-,13-,15-/m1/s1. The zero-order valence-corrected chi connectivity index (χ0v) is 12.0. The SMILES string of the molecule is Cn1nccc1CN[C@@H]1C[C@H]2CC[C@@]1(C)C2(C)C. The Morgan fingerprint density at radius 2 is 2.22 bits per heavy atom. The van der Waals surface area contributed by atoms with Gasteiger partial charge in [-0.2, -0.15) is 5.10 Å². The molecule has 18 heavy (non-hydrogen) atoms. The Hall–Kier alpha value is -0.830. The highest BCUT2D eigenvalue weighted by atomic mass is 15.3. The van der Waals surface area contributed by atoms with Gasteiger partial charge in [0.05, 0.1) is 5.69 Å². The lowest BCUT2D eigenvalue weighted by molar-refractivity contribution is 0.120. The maximum absolute atomic E-state index is 4.23. The molecule has 1 aromatic rings. The van der Waals surface area contributed by atoms with Crippen molar-refractivity contribution in [2.75, 3.05) is 0 Å². The number of aromatic nitrogens is 2. The van der Waals surface area contributed by atoms with E-state index in [0.717, 1.165) is 12.5 Å². The van der Waals surface area contributed by atoms with Crippen LogP contribution in [0.25, 0.3) is 0 Å². The zero-order valence-electron chi connectivity index (χ0n) is 12.0. The Morgan fingerprint density at radius 3 is 2.72 bits per heavy atom. The van der Waals surface area contributed by atoms with Gasteiger partial charge in [-0.25, -0.2) is 0 Å². The lowest BCUT2D eigenvalue weighted by atomic mass is 9.69. The Balaban J connectivity index is 1.71. The molecule has 0 amide bonds. The van der Waals surface area contributed by atoms with Crippen molar-refractivity contribution in [3.63, 3.8) is 0 Å². The normalized spacial score (nSPS) is 37.3. The molecule has 2 saturated carbocycles. The van der Waals surface area contributed by atoms with E-state index in [1.54, 1.807) is 0 Å². The fraction of sp³-hybridized carbons (Fsp3) is 0.800. The van der Waals surface area contributed by atoms with Crippen LogP contribution in [0, 0.1) is 16.7 Å². The van der Waals surface area contributed by atoms with Gasteiger partial charge < -0.3 is 5.32 Å². The molecule has 2 aliphatic carbocycles. The van der Waals surface area contributed by atoms with Gasteiger partial charge in [0.1, 0.15) is 0 Å². The fourth-order valence-electron chi connectivity index (χ4n) is 4.31. The quantitative estimate of drug-likeness (QED) is 0.890. The first-order valence-electron chi connectivity index (χ1n) is 7.15. The summed E-state index contributed by atoms with van der Waals surface area (Å²) in [6.45, 7) is 8.37. The number of aryl methyl sites for hydroxylation is 1. The van der Waals surface area contributed by atoms with Gasteiger partial charge in [0.2, 0.25) is 0 Å². The highest BCUT2D eigenvalue weighted by molar-refractivity contribution is 5.13. The summed E-state index contributed by atoms with van der Waals surface area (Å²) < 4.78 is 1.97. The molecule has 1 heterocycles. The number of hydrogen-bond acceptors (Lipinski definition) is 2. The van der Waals surface area contributed by atoms with Crippen LogP contribution in [-0.2, 0) is 13.6 Å². The van der Waals surface area contributed by atoms with Crippen LogP contribution in [0.2, 0.25) is 0 Å². The summed E-state index contributed by atoms with van der Waals surface area (Å²) in [4.78, 5) is 0. The summed E-state index contributed by atoms with van der Waals surface area (Å²) in [5.41, 5.74) is 2.24. The lowest BCUT2D eigenvalue weighted by Gasteiger charge is -2.39. The molecule has 0 saturated heterocycles. The van der Waals surface area contributed by atoms with Crippen LogP contribution in [0.15, 0.2) is 12.3 Å². The van der Waals surface area contributed by atoms with Gasteiger partial charge in [-0.3, -0.25) is 4.68 Å². The van der Waals surface area contributed by atoms with Gasteiger partial charge in [0.15, 0.2) is 0 Å². The van der Waals surface area contributed by atoms with Gasteiger partial charge >= 0.3 is 0 Å². The van der Waals surface area contributed by atoms with Crippen LogP contribution >= 0.6 is 0 Å². The van der Waals surface area contributed by atoms with Crippen LogP contribution in [0.3, 0.4) is 0 Å². The van der Waals surface area contributed by atoms with E-state index in [-0.39, 0.29) is 0 Å². The Morgan fingerprint density at radius 1 is 1.44 bits per heavy atom. The number of nitrogens with zero attached hydrogens (tertiary/aromatic N) is 2. The van der Waals surface area contributed by atoms with Crippen LogP contribution < -0.4 is 5.32 Å². The number of hydrogen-bond donors (Lipinski definition) is 1. The highest BCUT2D eigenvalue weighted by Crippen LogP contribution is 2.65. The average molecular weight is 247 g/mol. The summed E-state index contributed by atoms with van der Waals surface area (Å²) in [5, 5.41) is 8.02. The van der Waals surface area contributed by atoms with E-state index in [2.05, 4.69) is 37.3 Å². The maximum Gasteiger partial charge on any atom is 0.0518 e. The van der Waals surface area contributed by atoms with E-state index in [1.807, 2.05) is 17.9 Å². The second kappa shape index (κ2) is 3.83. The molecular formula is C15H25N3. The third-order valence-electron chi connectivity index (χ3n) is 6.25. The van der Waals surface area contributed by atoms with Crippen LogP contribution in [-0.4, -0.2) is 15.8 Å². The molecule has 1 aromatic heterocycles. The minimum absolute atomic E-state index is 0.469. The topological polar surface area (TPSA) is 29.9 Å². The van der Waals surface area contributed by atoms with Crippen molar-refractivity contribution in [2.45, 2.75) is 52.6 Å². The molecule has 3 atom stereocenters. The number of fused-ring (bicyclic) bond motifs is 2. The van der Waals surface area contributed by atoms with Crippen molar-refractivity contribution in [2.24, 2.45) is 23.8 Å². The second-order valence-electron chi connectivity index (χ2n) is 6.99. The van der Waals surface area contributed by atoms with Crippen molar-refractivity contribution in [3.8, 4) is 0 Å². The molecule has 0 aromatic carbocycles. The third-order valence-corrected chi connectivity index (χ3v) is 6.25. The number of rotatable bonds is 3. The van der Waals surface area contributed by atoms with E-state index < -0.39 is 0 Å². The van der Waals surface area contributed by atoms with Crippen molar-refractivity contribution in [3.05, 3.63) is 18.0 Å². The van der Waals surface area contributed by atoms with E-state index in [0.29, 0.717) is 16.9 Å². The molecule has 100 valence electrons. The molecule has 3 heteroatoms. The van der Waals surface area contributed by atoms with Crippen molar-refractivity contribution < 1.29 is 0 Å². The van der Waals surface area contributed by atoms with Gasteiger partial charge in [-0.05, 0) is 42.1 Å². The predicted octanol–water partition coefficient (Wildman–Crippen LogP) is 2.72. The molecule has 3 rings (SSSR count). The van der Waals surface area contributed by atoms with Crippen molar-refractivity contribution in [1.29, 1.82) is 0 Å². The average Bonchev–Trinajstić information content (AvgIpc) is 2.87. The molecule has 2 aliphatic rings. The molecule has 0 aliphatic heterocycles. The summed E-state index contributed by atoms with van der Waals surface area (Å²) >= 11 is 0. The molecule has 0 unspecified atom stereocenters. The Kier molecular flexibility index (Phi) is 2.60. The highest BCUT2D eigenvalue weighted by Gasteiger charge is 2.60. The zero-order chi connectivity index (χ0) is 13.0. The fourth-order valence-corrected chi connectivity index (χ4v) is 4.31. The summed E-state index contributed by atoms with van der Waals surface area (Å²) in [6.07, 6.45) is 6.03. The van der Waals surface area contributed by atoms with Gasteiger partial charge in [-0.1, -0.05) is 20.8 Å². The van der Waals surface area contributed by atoms with Gasteiger partial charge in [0.25, 0.3) is 0 Å². The van der Waals surface area contributed by atoms with E-state index in [9.17, 15) is 0 Å². The molecule has 0 radical (unpaired) electrons. The van der Waals surface area contributed by atoms with E-state index in [4.69, 9.17) is 0 Å². The van der Waals surface area contributed by atoms with Crippen molar-refractivity contribution in [1.82, 2.24) is 15.1 Å². The van der Waals surface area contributed by atoms with E-state index in [1.165, 1.54) is 25.0 Å². The third kappa shape index (κ3) is 1.49. The molecule has 2 fully saturated rings. The van der Waals surface area contributed by atoms with Crippen LogP contribution in [0.4, 0.5) is 0 Å². The molecular weight excluding hydrogens is 222 g/mol. The molecule has 1 N–H and O–H groups in total.